The highest BCUT2D eigenvalue weighted by Gasteiger charge is 2.26. The Bertz CT molecular complexity index is 593. The average Bonchev–Trinajstić information content (AvgIpc) is 2.64. The van der Waals surface area contributed by atoms with Crippen molar-refractivity contribution in [3.05, 3.63) is 34.9 Å². The Morgan fingerprint density at radius 1 is 1.30 bits per heavy atom. The molecular weight excluding hydrogens is 270 g/mol. The Kier molecular flexibility index (Phi) is 3.53. The SMILES string of the molecule is Cc1ccc2c(c1)/C(=N/N1C(=O)CNC1=S)CCCC2. The Hall–Kier alpha value is -1.75. The minimum atomic E-state index is -0.0825. The van der Waals surface area contributed by atoms with E-state index in [0.29, 0.717) is 5.11 Å². The molecule has 3 rings (SSSR count). The number of hydrazone groups is 1. The number of thiocarbonyl (C=S) groups is 1. The number of hydrogen-bond acceptors (Lipinski definition) is 3. The molecule has 1 fully saturated rings. The van der Waals surface area contributed by atoms with Gasteiger partial charge in [0, 0.05) is 5.56 Å². The van der Waals surface area contributed by atoms with Crippen molar-refractivity contribution in [3.63, 3.8) is 0 Å². The van der Waals surface area contributed by atoms with Crippen molar-refractivity contribution in [1.29, 1.82) is 0 Å². The number of fused-ring (bicyclic) bond motifs is 1. The normalized spacial score (nSPS) is 20.9. The first kappa shape index (κ1) is 13.2. The number of carbonyl (C=O) groups is 1. The van der Waals surface area contributed by atoms with Gasteiger partial charge in [-0.2, -0.15) is 10.1 Å². The Morgan fingerprint density at radius 2 is 2.10 bits per heavy atom. The van der Waals surface area contributed by atoms with Gasteiger partial charge in [-0.05, 0) is 56.5 Å². The summed E-state index contributed by atoms with van der Waals surface area (Å²) in [6.45, 7) is 2.33. The molecule has 1 N–H and O–H groups in total. The lowest BCUT2D eigenvalue weighted by atomic mass is 9.99. The predicted molar refractivity (Wildman–Crippen MR) is 82.7 cm³/mol. The van der Waals surface area contributed by atoms with Gasteiger partial charge < -0.3 is 5.32 Å². The summed E-state index contributed by atoms with van der Waals surface area (Å²) in [4.78, 5) is 11.8. The Morgan fingerprint density at radius 3 is 2.85 bits per heavy atom. The Balaban J connectivity index is 2.03. The van der Waals surface area contributed by atoms with E-state index in [-0.39, 0.29) is 12.5 Å². The van der Waals surface area contributed by atoms with Gasteiger partial charge in [0.2, 0.25) is 0 Å². The highest BCUT2D eigenvalue weighted by atomic mass is 32.1. The van der Waals surface area contributed by atoms with Gasteiger partial charge in [0.25, 0.3) is 5.91 Å². The number of benzene rings is 1. The van der Waals surface area contributed by atoms with Crippen LogP contribution in [0.3, 0.4) is 0 Å². The molecule has 5 heteroatoms. The van der Waals surface area contributed by atoms with E-state index in [2.05, 4.69) is 35.5 Å². The fraction of sp³-hybridized carbons (Fsp3) is 0.400. The molecule has 1 amide bonds. The molecule has 0 spiro atoms. The smallest absolute Gasteiger partial charge is 0.268 e. The molecule has 0 saturated carbocycles. The van der Waals surface area contributed by atoms with Crippen LogP contribution in [0.1, 0.15) is 36.0 Å². The fourth-order valence-electron chi connectivity index (χ4n) is 2.66. The third kappa shape index (κ3) is 2.45. The van der Waals surface area contributed by atoms with E-state index in [0.717, 1.165) is 31.4 Å². The van der Waals surface area contributed by atoms with Gasteiger partial charge in [0.1, 0.15) is 0 Å². The third-order valence-corrected chi connectivity index (χ3v) is 4.04. The van der Waals surface area contributed by atoms with E-state index in [9.17, 15) is 4.79 Å². The molecule has 1 aromatic rings. The second-order valence-corrected chi connectivity index (χ2v) is 5.67. The summed E-state index contributed by atoms with van der Waals surface area (Å²) < 4.78 is 0. The number of rotatable bonds is 1. The van der Waals surface area contributed by atoms with E-state index in [1.165, 1.54) is 21.7 Å². The standard InChI is InChI=1S/C15H17N3OS/c1-10-6-7-11-4-2-3-5-13(12(11)8-10)17-18-14(19)9-16-15(18)20/h6-8H,2-5,9H2,1H3,(H,16,20)/b17-13+. The van der Waals surface area contributed by atoms with Crippen LogP contribution < -0.4 is 5.32 Å². The van der Waals surface area contributed by atoms with Crippen LogP contribution in [0.2, 0.25) is 0 Å². The number of amides is 1. The lowest BCUT2D eigenvalue weighted by Gasteiger charge is -2.13. The zero-order chi connectivity index (χ0) is 14.1. The summed E-state index contributed by atoms with van der Waals surface area (Å²) in [7, 11) is 0. The van der Waals surface area contributed by atoms with Gasteiger partial charge in [-0.1, -0.05) is 17.7 Å². The van der Waals surface area contributed by atoms with Crippen LogP contribution >= 0.6 is 12.2 Å². The van der Waals surface area contributed by atoms with Crippen molar-refractivity contribution < 1.29 is 4.79 Å². The molecule has 1 saturated heterocycles. The number of carbonyl (C=O) groups excluding carboxylic acids is 1. The van der Waals surface area contributed by atoms with Gasteiger partial charge in [0.15, 0.2) is 5.11 Å². The average molecular weight is 287 g/mol. The van der Waals surface area contributed by atoms with Crippen LogP contribution in [0.15, 0.2) is 23.3 Å². The molecule has 1 aromatic carbocycles. The van der Waals surface area contributed by atoms with Crippen molar-refractivity contribution in [3.8, 4) is 0 Å². The molecule has 4 nitrogen and oxygen atoms in total. The summed E-state index contributed by atoms with van der Waals surface area (Å²) in [6.07, 6.45) is 4.22. The minimum Gasteiger partial charge on any atom is -0.352 e. The molecule has 104 valence electrons. The second kappa shape index (κ2) is 5.32. The van der Waals surface area contributed by atoms with Gasteiger partial charge in [0.05, 0.1) is 12.3 Å². The van der Waals surface area contributed by atoms with E-state index in [1.807, 2.05) is 0 Å². The largest absolute Gasteiger partial charge is 0.352 e. The first-order valence-electron chi connectivity index (χ1n) is 6.93. The number of hydrogen-bond donors (Lipinski definition) is 1. The van der Waals surface area contributed by atoms with Crippen molar-refractivity contribution in [1.82, 2.24) is 10.3 Å². The summed E-state index contributed by atoms with van der Waals surface area (Å²) in [6, 6.07) is 6.47. The highest BCUT2D eigenvalue weighted by Crippen LogP contribution is 2.23. The summed E-state index contributed by atoms with van der Waals surface area (Å²) >= 11 is 5.13. The predicted octanol–water partition coefficient (Wildman–Crippen LogP) is 2.14. The Labute approximate surface area is 123 Å². The van der Waals surface area contributed by atoms with E-state index in [4.69, 9.17) is 12.2 Å². The molecule has 0 aromatic heterocycles. The molecule has 0 radical (unpaired) electrons. The molecule has 0 unspecified atom stereocenters. The van der Waals surface area contributed by atoms with Gasteiger partial charge in [-0.25, -0.2) is 0 Å². The van der Waals surface area contributed by atoms with Crippen molar-refractivity contribution in [2.45, 2.75) is 32.6 Å². The van der Waals surface area contributed by atoms with E-state index < -0.39 is 0 Å². The molecule has 20 heavy (non-hydrogen) atoms. The van der Waals surface area contributed by atoms with Crippen LogP contribution in [0.25, 0.3) is 0 Å². The lowest BCUT2D eigenvalue weighted by molar-refractivity contribution is -0.124. The van der Waals surface area contributed by atoms with Gasteiger partial charge in [-0.3, -0.25) is 4.79 Å². The van der Waals surface area contributed by atoms with Crippen LogP contribution in [0.4, 0.5) is 0 Å². The zero-order valence-electron chi connectivity index (χ0n) is 11.5. The van der Waals surface area contributed by atoms with Gasteiger partial charge >= 0.3 is 0 Å². The third-order valence-electron chi connectivity index (χ3n) is 3.73. The molecule has 1 aliphatic carbocycles. The number of aryl methyl sites for hydroxylation is 2. The van der Waals surface area contributed by atoms with Crippen LogP contribution in [0.5, 0.6) is 0 Å². The molecule has 2 aliphatic rings. The minimum absolute atomic E-state index is 0.0825. The first-order chi connectivity index (χ1) is 9.65. The van der Waals surface area contributed by atoms with E-state index >= 15 is 0 Å². The van der Waals surface area contributed by atoms with Crippen molar-refractivity contribution in [2.75, 3.05) is 6.54 Å². The highest BCUT2D eigenvalue weighted by molar-refractivity contribution is 7.80. The molecule has 0 bridgehead atoms. The monoisotopic (exact) mass is 287 g/mol. The van der Waals surface area contributed by atoms with Crippen LogP contribution in [-0.2, 0) is 11.2 Å². The molecular formula is C15H17N3OS. The maximum absolute atomic E-state index is 11.8. The van der Waals surface area contributed by atoms with Crippen LogP contribution in [-0.4, -0.2) is 28.3 Å². The molecule has 1 heterocycles. The summed E-state index contributed by atoms with van der Waals surface area (Å²) in [5, 5.41) is 9.14. The maximum atomic E-state index is 11.8. The number of nitrogens with one attached hydrogen (secondary N) is 1. The number of nitrogens with zero attached hydrogens (tertiary/aromatic N) is 2. The zero-order valence-corrected chi connectivity index (χ0v) is 12.3. The van der Waals surface area contributed by atoms with Gasteiger partial charge in [-0.15, -0.1) is 0 Å². The molecule has 0 atom stereocenters. The lowest BCUT2D eigenvalue weighted by Crippen LogP contribution is -2.27. The summed E-state index contributed by atoms with van der Waals surface area (Å²) in [5.41, 5.74) is 4.68. The maximum Gasteiger partial charge on any atom is 0.268 e. The fourth-order valence-corrected chi connectivity index (χ4v) is 2.87. The molecule has 1 aliphatic heterocycles. The quantitative estimate of drug-likeness (QED) is 0.636. The first-order valence-corrected chi connectivity index (χ1v) is 7.34. The van der Waals surface area contributed by atoms with Crippen molar-refractivity contribution >= 4 is 28.9 Å². The second-order valence-electron chi connectivity index (χ2n) is 5.28. The summed E-state index contributed by atoms with van der Waals surface area (Å²) in [5.74, 6) is -0.0825. The topological polar surface area (TPSA) is 44.7 Å². The van der Waals surface area contributed by atoms with E-state index in [1.54, 1.807) is 0 Å². The van der Waals surface area contributed by atoms with Crippen molar-refractivity contribution in [2.24, 2.45) is 5.10 Å². The van der Waals surface area contributed by atoms with Crippen LogP contribution in [0, 0.1) is 6.92 Å².